The highest BCUT2D eigenvalue weighted by atomic mass is 79.9. The molecule has 0 aromatic heterocycles. The third-order valence-corrected chi connectivity index (χ3v) is 4.97. The highest BCUT2D eigenvalue weighted by Gasteiger charge is 2.37. The summed E-state index contributed by atoms with van der Waals surface area (Å²) in [5, 5.41) is 6.86. The Morgan fingerprint density at radius 2 is 2.18 bits per heavy atom. The number of halogens is 1. The molecule has 4 unspecified atom stereocenters. The highest BCUT2D eigenvalue weighted by molar-refractivity contribution is 9.09. The van der Waals surface area contributed by atoms with Crippen molar-refractivity contribution in [1.29, 1.82) is 0 Å². The fourth-order valence-corrected chi connectivity index (χ4v) is 3.82. The van der Waals surface area contributed by atoms with Crippen molar-refractivity contribution in [3.05, 3.63) is 0 Å². The maximum absolute atomic E-state index is 4.43. The van der Waals surface area contributed by atoms with Crippen LogP contribution >= 0.6 is 15.9 Å². The summed E-state index contributed by atoms with van der Waals surface area (Å²) in [6.07, 6.45) is 2.49. The lowest BCUT2D eigenvalue weighted by Gasteiger charge is -2.42. The normalized spacial score (nSPS) is 37.8. The highest BCUT2D eigenvalue weighted by Crippen LogP contribution is 2.31. The van der Waals surface area contributed by atoms with E-state index in [0.717, 1.165) is 19.0 Å². The molecule has 4 nitrogen and oxygen atoms in total. The molecule has 2 N–H and O–H groups in total. The van der Waals surface area contributed by atoms with Gasteiger partial charge in [0.05, 0.1) is 6.54 Å². The van der Waals surface area contributed by atoms with E-state index in [2.05, 4.69) is 57.5 Å². The number of nitrogens with zero attached hydrogens (tertiary/aromatic N) is 2. The number of nitrogens with one attached hydrogen (secondary N) is 2. The monoisotopic (exact) mass is 302 g/mol. The van der Waals surface area contributed by atoms with Crippen molar-refractivity contribution >= 4 is 21.9 Å². The van der Waals surface area contributed by atoms with E-state index >= 15 is 0 Å². The van der Waals surface area contributed by atoms with Gasteiger partial charge in [0.1, 0.15) is 0 Å². The molecule has 5 heteroatoms. The molecule has 1 saturated carbocycles. The first-order valence-corrected chi connectivity index (χ1v) is 7.36. The minimum Gasteiger partial charge on any atom is -0.355 e. The van der Waals surface area contributed by atoms with Crippen molar-refractivity contribution in [2.45, 2.75) is 36.7 Å². The zero-order valence-electron chi connectivity index (χ0n) is 10.9. The molecule has 98 valence electrons. The molecule has 4 atom stereocenters. The molecule has 0 bridgehead atoms. The Kier molecular flexibility index (Phi) is 4.31. The zero-order valence-corrected chi connectivity index (χ0v) is 12.5. The number of hydrogen-bond acceptors (Lipinski definition) is 4. The molecule has 0 spiro atoms. The average molecular weight is 303 g/mol. The second-order valence-corrected chi connectivity index (χ2v) is 6.49. The predicted octanol–water partition coefficient (Wildman–Crippen LogP) is 1.03. The Hall–Kier alpha value is -0.290. The average Bonchev–Trinajstić information content (AvgIpc) is 2.76. The van der Waals surface area contributed by atoms with E-state index in [1.165, 1.54) is 12.8 Å². The SMILES string of the molecule is CC1C(NC2=NCCN2)C(Br)CCC1N(C)C. The number of hydrogen-bond donors (Lipinski definition) is 2. The van der Waals surface area contributed by atoms with Gasteiger partial charge < -0.3 is 15.5 Å². The van der Waals surface area contributed by atoms with E-state index in [-0.39, 0.29) is 0 Å². The van der Waals surface area contributed by atoms with Crippen molar-refractivity contribution in [1.82, 2.24) is 15.5 Å². The molecule has 1 aliphatic carbocycles. The number of alkyl halides is 1. The standard InChI is InChI=1S/C12H23BrN4/c1-8-10(17(2)3)5-4-9(13)11(8)16-12-14-6-7-15-12/h8-11H,4-7H2,1-3H3,(H2,14,15,16). The second-order valence-electron chi connectivity index (χ2n) is 5.31. The van der Waals surface area contributed by atoms with Crippen LogP contribution in [0, 0.1) is 5.92 Å². The second kappa shape index (κ2) is 5.57. The van der Waals surface area contributed by atoms with Crippen LogP contribution in [0.25, 0.3) is 0 Å². The van der Waals surface area contributed by atoms with Gasteiger partial charge in [-0.15, -0.1) is 0 Å². The first-order valence-electron chi connectivity index (χ1n) is 6.45. The lowest BCUT2D eigenvalue weighted by atomic mass is 9.81. The summed E-state index contributed by atoms with van der Waals surface area (Å²) in [5.74, 6) is 1.60. The minimum absolute atomic E-state index is 0.459. The summed E-state index contributed by atoms with van der Waals surface area (Å²) in [7, 11) is 4.36. The fourth-order valence-electron chi connectivity index (χ4n) is 2.94. The summed E-state index contributed by atoms with van der Waals surface area (Å²) in [4.78, 5) is 7.32. The Labute approximate surface area is 112 Å². The van der Waals surface area contributed by atoms with Crippen LogP contribution in [0.5, 0.6) is 0 Å². The maximum Gasteiger partial charge on any atom is 0.191 e. The van der Waals surface area contributed by atoms with Crippen LogP contribution < -0.4 is 10.6 Å². The molecule has 0 aromatic rings. The van der Waals surface area contributed by atoms with E-state index in [4.69, 9.17) is 0 Å². The van der Waals surface area contributed by atoms with E-state index in [1.807, 2.05) is 0 Å². The third-order valence-electron chi connectivity index (χ3n) is 3.94. The van der Waals surface area contributed by atoms with Crippen LogP contribution in [-0.4, -0.2) is 55.0 Å². The van der Waals surface area contributed by atoms with E-state index < -0.39 is 0 Å². The first kappa shape index (κ1) is 13.1. The molecule has 0 aromatic carbocycles. The zero-order chi connectivity index (χ0) is 12.4. The van der Waals surface area contributed by atoms with Crippen molar-refractivity contribution in [3.63, 3.8) is 0 Å². The van der Waals surface area contributed by atoms with Crippen LogP contribution in [0.4, 0.5) is 0 Å². The summed E-state index contributed by atoms with van der Waals surface area (Å²) in [5.41, 5.74) is 0. The Bertz CT molecular complexity index is 292. The molecule has 1 fully saturated rings. The molecule has 0 saturated heterocycles. The molecular weight excluding hydrogens is 280 g/mol. The van der Waals surface area contributed by atoms with Crippen LogP contribution in [0.3, 0.4) is 0 Å². The molecule has 2 rings (SSSR count). The van der Waals surface area contributed by atoms with E-state index in [0.29, 0.717) is 22.8 Å². The summed E-state index contributed by atoms with van der Waals surface area (Å²) >= 11 is 3.82. The van der Waals surface area contributed by atoms with Crippen LogP contribution in [0.1, 0.15) is 19.8 Å². The van der Waals surface area contributed by atoms with Gasteiger partial charge >= 0.3 is 0 Å². The Morgan fingerprint density at radius 3 is 2.76 bits per heavy atom. The summed E-state index contributed by atoms with van der Waals surface area (Å²) in [6.45, 7) is 4.20. The number of guanidine groups is 1. The molecule has 0 radical (unpaired) electrons. The van der Waals surface area contributed by atoms with Crippen molar-refractivity contribution in [2.24, 2.45) is 10.9 Å². The van der Waals surface area contributed by atoms with Gasteiger partial charge in [-0.1, -0.05) is 22.9 Å². The van der Waals surface area contributed by atoms with E-state index in [1.54, 1.807) is 0 Å². The van der Waals surface area contributed by atoms with Gasteiger partial charge in [-0.05, 0) is 32.9 Å². The largest absolute Gasteiger partial charge is 0.355 e. The van der Waals surface area contributed by atoms with Gasteiger partial charge in [0, 0.05) is 23.5 Å². The van der Waals surface area contributed by atoms with Gasteiger partial charge in [0.15, 0.2) is 5.96 Å². The molecule has 0 amide bonds. The van der Waals surface area contributed by atoms with Crippen LogP contribution in [-0.2, 0) is 0 Å². The molecule has 17 heavy (non-hydrogen) atoms. The lowest BCUT2D eigenvalue weighted by molar-refractivity contribution is 0.146. The summed E-state index contributed by atoms with van der Waals surface area (Å²) in [6, 6.07) is 1.11. The Balaban J connectivity index is 2.01. The molecule has 1 aliphatic heterocycles. The van der Waals surface area contributed by atoms with Gasteiger partial charge in [0.2, 0.25) is 0 Å². The molecule has 2 aliphatic rings. The Morgan fingerprint density at radius 1 is 1.41 bits per heavy atom. The van der Waals surface area contributed by atoms with Crippen molar-refractivity contribution in [2.75, 3.05) is 27.2 Å². The van der Waals surface area contributed by atoms with Gasteiger partial charge in [-0.25, -0.2) is 0 Å². The topological polar surface area (TPSA) is 39.7 Å². The van der Waals surface area contributed by atoms with Gasteiger partial charge in [-0.2, -0.15) is 0 Å². The van der Waals surface area contributed by atoms with Crippen molar-refractivity contribution in [3.8, 4) is 0 Å². The third kappa shape index (κ3) is 2.94. The van der Waals surface area contributed by atoms with Gasteiger partial charge in [0.25, 0.3) is 0 Å². The molecule has 1 heterocycles. The minimum atomic E-state index is 0.459. The lowest BCUT2D eigenvalue weighted by Crippen LogP contribution is -2.56. The van der Waals surface area contributed by atoms with Gasteiger partial charge in [-0.3, -0.25) is 4.99 Å². The molecular formula is C12H23BrN4. The fraction of sp³-hybridized carbons (Fsp3) is 0.917. The van der Waals surface area contributed by atoms with E-state index in [9.17, 15) is 0 Å². The first-order chi connectivity index (χ1) is 8.09. The van der Waals surface area contributed by atoms with Crippen LogP contribution in [0.15, 0.2) is 4.99 Å². The van der Waals surface area contributed by atoms with Crippen molar-refractivity contribution < 1.29 is 0 Å². The smallest absolute Gasteiger partial charge is 0.191 e. The predicted molar refractivity (Wildman–Crippen MR) is 75.8 cm³/mol. The van der Waals surface area contributed by atoms with Crippen LogP contribution in [0.2, 0.25) is 0 Å². The number of rotatable bonds is 2. The quantitative estimate of drug-likeness (QED) is 0.749. The maximum atomic E-state index is 4.43. The summed E-state index contributed by atoms with van der Waals surface area (Å²) < 4.78 is 0. The number of aliphatic imine (C=N–C) groups is 1.